The van der Waals surface area contributed by atoms with Crippen molar-refractivity contribution in [3.05, 3.63) is 63.5 Å². The molecule has 1 aromatic carbocycles. The van der Waals surface area contributed by atoms with Gasteiger partial charge in [-0.2, -0.15) is 0 Å². The number of hydrogen-bond donors (Lipinski definition) is 2. The van der Waals surface area contributed by atoms with Crippen LogP contribution >= 0.6 is 0 Å². The van der Waals surface area contributed by atoms with Crippen molar-refractivity contribution in [1.82, 2.24) is 14.3 Å². The number of nitrogens with one attached hydrogen (secondary N) is 1. The second-order valence-electron chi connectivity index (χ2n) is 5.65. The number of para-hydroxylation sites is 1. The second-order valence-corrected chi connectivity index (χ2v) is 5.65. The lowest BCUT2D eigenvalue weighted by Crippen LogP contribution is -2.30. The number of aromatic amines is 1. The first-order valence-electron chi connectivity index (χ1n) is 7.83. The van der Waals surface area contributed by atoms with Crippen molar-refractivity contribution in [1.29, 1.82) is 0 Å². The van der Waals surface area contributed by atoms with Gasteiger partial charge in [-0.1, -0.05) is 44.5 Å². The van der Waals surface area contributed by atoms with Gasteiger partial charge in [0.05, 0.1) is 17.8 Å². The van der Waals surface area contributed by atoms with Gasteiger partial charge in [0.2, 0.25) is 0 Å². The number of aromatic nitrogens is 3. The van der Waals surface area contributed by atoms with Crippen LogP contribution in [0.5, 0.6) is 0 Å². The Kier molecular flexibility index (Phi) is 5.39. The summed E-state index contributed by atoms with van der Waals surface area (Å²) in [6.45, 7) is 7.68. The third-order valence-corrected chi connectivity index (χ3v) is 4.01. The van der Waals surface area contributed by atoms with E-state index in [1.807, 2.05) is 13.0 Å². The fourth-order valence-corrected chi connectivity index (χ4v) is 2.49. The van der Waals surface area contributed by atoms with E-state index in [0.29, 0.717) is 17.7 Å². The number of hydrogen-bond acceptors (Lipinski definition) is 3. The maximum absolute atomic E-state index is 12.5. The van der Waals surface area contributed by atoms with Crippen LogP contribution in [-0.4, -0.2) is 25.6 Å². The highest BCUT2D eigenvalue weighted by Crippen LogP contribution is 2.19. The minimum atomic E-state index is -0.694. The molecule has 6 heteroatoms. The van der Waals surface area contributed by atoms with Crippen LogP contribution in [0.25, 0.3) is 5.69 Å². The molecular formula is C17H23N3O3. The summed E-state index contributed by atoms with van der Waals surface area (Å²) in [5.41, 5.74) is 0.0327. The number of benzene rings is 1. The highest BCUT2D eigenvalue weighted by molar-refractivity contribution is 5.30. The lowest BCUT2D eigenvalue weighted by Gasteiger charge is -2.19. The Balaban J connectivity index is 2.33. The number of nitrogens with zero attached hydrogens (tertiary/aromatic N) is 2. The summed E-state index contributed by atoms with van der Waals surface area (Å²) in [6, 6.07) is 8.22. The van der Waals surface area contributed by atoms with E-state index in [1.54, 1.807) is 31.2 Å². The number of rotatable bonds is 7. The zero-order valence-electron chi connectivity index (χ0n) is 13.5. The van der Waals surface area contributed by atoms with Crippen molar-refractivity contribution >= 4 is 0 Å². The molecule has 0 saturated carbocycles. The first-order valence-corrected chi connectivity index (χ1v) is 7.83. The van der Waals surface area contributed by atoms with Crippen LogP contribution < -0.4 is 11.4 Å². The van der Waals surface area contributed by atoms with Gasteiger partial charge in [0.15, 0.2) is 0 Å². The second kappa shape index (κ2) is 7.28. The van der Waals surface area contributed by atoms with Gasteiger partial charge in [-0.05, 0) is 31.1 Å². The van der Waals surface area contributed by atoms with Gasteiger partial charge in [0.25, 0.3) is 0 Å². The molecule has 0 bridgehead atoms. The van der Waals surface area contributed by atoms with Gasteiger partial charge in [-0.25, -0.2) is 23.9 Å². The Morgan fingerprint density at radius 2 is 1.96 bits per heavy atom. The molecule has 0 spiro atoms. The van der Waals surface area contributed by atoms with Gasteiger partial charge >= 0.3 is 11.4 Å². The Hall–Kier alpha value is -2.34. The summed E-state index contributed by atoms with van der Waals surface area (Å²) in [7, 11) is 0. The first kappa shape index (κ1) is 17.0. The summed E-state index contributed by atoms with van der Waals surface area (Å²) in [5.74, 6) is 0. The average Bonchev–Trinajstić information content (AvgIpc) is 2.86. The van der Waals surface area contributed by atoms with E-state index >= 15 is 0 Å². The molecule has 0 saturated heterocycles. The summed E-state index contributed by atoms with van der Waals surface area (Å²) in [4.78, 5) is 24.7. The molecule has 0 amide bonds. The van der Waals surface area contributed by atoms with Gasteiger partial charge in [0.1, 0.15) is 0 Å². The Morgan fingerprint density at radius 3 is 2.57 bits per heavy atom. The normalized spacial score (nSPS) is 13.7. The summed E-state index contributed by atoms with van der Waals surface area (Å²) in [6.07, 6.45) is 1.75. The van der Waals surface area contributed by atoms with Crippen molar-refractivity contribution in [3.63, 3.8) is 0 Å². The molecule has 2 rings (SSSR count). The lowest BCUT2D eigenvalue weighted by molar-refractivity contribution is 0.184. The van der Waals surface area contributed by atoms with Gasteiger partial charge < -0.3 is 5.11 Å². The van der Waals surface area contributed by atoms with Crippen molar-refractivity contribution in [3.8, 4) is 5.69 Å². The van der Waals surface area contributed by atoms with Crippen molar-refractivity contribution in [2.75, 3.05) is 0 Å². The van der Waals surface area contributed by atoms with E-state index in [4.69, 9.17) is 0 Å². The summed E-state index contributed by atoms with van der Waals surface area (Å²) >= 11 is 0. The van der Waals surface area contributed by atoms with E-state index < -0.39 is 23.5 Å². The maximum atomic E-state index is 12.5. The minimum Gasteiger partial charge on any atom is -0.389 e. The van der Waals surface area contributed by atoms with Crippen molar-refractivity contribution in [2.45, 2.75) is 45.3 Å². The standard InChI is InChI=1S/C17H23N3O3/c1-4-5-11-15(21)12(2)13(3)20-17(23)19(16(22)18-20)14-9-7-6-8-10-14/h6-10,13,15,21H,2,4-5,11H2,1,3H3,(H,18,22)/t13-,15-/m0/s1. The molecule has 0 unspecified atom stereocenters. The Morgan fingerprint density at radius 1 is 1.30 bits per heavy atom. The average molecular weight is 317 g/mol. The number of unbranched alkanes of at least 4 members (excludes halogenated alkanes) is 1. The van der Waals surface area contributed by atoms with Crippen LogP contribution in [0.3, 0.4) is 0 Å². The Labute approximate surface area is 134 Å². The highest BCUT2D eigenvalue weighted by Gasteiger charge is 2.21. The van der Waals surface area contributed by atoms with E-state index in [0.717, 1.165) is 17.4 Å². The SMILES string of the molecule is C=C([C@@H](O)CCCC)[C@H](C)n1[nH]c(=O)n(-c2ccccc2)c1=O. The molecule has 2 aromatic rings. The van der Waals surface area contributed by atoms with Crippen LogP contribution in [-0.2, 0) is 0 Å². The molecule has 6 nitrogen and oxygen atoms in total. The van der Waals surface area contributed by atoms with Gasteiger partial charge in [-0.3, -0.25) is 0 Å². The molecule has 0 radical (unpaired) electrons. The van der Waals surface area contributed by atoms with E-state index in [9.17, 15) is 14.7 Å². The molecule has 0 aliphatic carbocycles. The van der Waals surface area contributed by atoms with Crippen molar-refractivity contribution < 1.29 is 5.11 Å². The van der Waals surface area contributed by atoms with E-state index in [-0.39, 0.29) is 0 Å². The van der Waals surface area contributed by atoms with Crippen LogP contribution in [0.15, 0.2) is 52.1 Å². The van der Waals surface area contributed by atoms with Crippen molar-refractivity contribution in [2.24, 2.45) is 0 Å². The molecule has 124 valence electrons. The summed E-state index contributed by atoms with van der Waals surface area (Å²) in [5, 5.41) is 12.7. The van der Waals surface area contributed by atoms with Crippen LogP contribution in [0.1, 0.15) is 39.2 Å². The van der Waals surface area contributed by atoms with E-state index in [2.05, 4.69) is 11.7 Å². The molecule has 0 aliphatic rings. The Bertz CT molecular complexity index is 770. The lowest BCUT2D eigenvalue weighted by atomic mass is 10.0. The largest absolute Gasteiger partial charge is 0.389 e. The predicted octanol–water partition coefficient (Wildman–Crippen LogP) is 2.00. The topological polar surface area (TPSA) is 80.0 Å². The fourth-order valence-electron chi connectivity index (χ4n) is 2.49. The van der Waals surface area contributed by atoms with E-state index in [1.165, 1.54) is 4.68 Å². The van der Waals surface area contributed by atoms with Gasteiger partial charge in [0, 0.05) is 0 Å². The van der Waals surface area contributed by atoms with Crippen LogP contribution in [0.4, 0.5) is 0 Å². The molecule has 2 N–H and O–H groups in total. The number of aliphatic hydroxyl groups is 1. The molecule has 2 atom stereocenters. The number of aliphatic hydroxyl groups excluding tert-OH is 1. The molecule has 0 aliphatic heterocycles. The monoisotopic (exact) mass is 317 g/mol. The molecule has 23 heavy (non-hydrogen) atoms. The fraction of sp³-hybridized carbons (Fsp3) is 0.412. The zero-order chi connectivity index (χ0) is 17.0. The molecule has 0 fully saturated rings. The number of H-pyrrole nitrogens is 1. The summed E-state index contributed by atoms with van der Waals surface area (Å²) < 4.78 is 2.29. The van der Waals surface area contributed by atoms with Crippen LogP contribution in [0, 0.1) is 0 Å². The third-order valence-electron chi connectivity index (χ3n) is 4.01. The zero-order valence-corrected chi connectivity index (χ0v) is 13.5. The van der Waals surface area contributed by atoms with Crippen LogP contribution in [0.2, 0.25) is 0 Å². The smallest absolute Gasteiger partial charge is 0.352 e. The highest BCUT2D eigenvalue weighted by atomic mass is 16.3. The molecular weight excluding hydrogens is 294 g/mol. The molecule has 1 heterocycles. The minimum absolute atomic E-state index is 0.474. The van der Waals surface area contributed by atoms with Gasteiger partial charge in [-0.15, -0.1) is 0 Å². The third kappa shape index (κ3) is 3.53. The predicted molar refractivity (Wildman–Crippen MR) is 90.0 cm³/mol. The quantitative estimate of drug-likeness (QED) is 0.767. The maximum Gasteiger partial charge on any atom is 0.352 e. The first-order chi connectivity index (χ1) is 11.0. The molecule has 1 aromatic heterocycles.